The Hall–Kier alpha value is -3.37. The first-order chi connectivity index (χ1) is 14.9. The van der Waals surface area contributed by atoms with Gasteiger partial charge in [-0.1, -0.05) is 23.7 Å². The number of pyridine rings is 1. The van der Waals surface area contributed by atoms with Crippen molar-refractivity contribution in [3.05, 3.63) is 68.6 Å². The molecule has 1 aromatic carbocycles. The fourth-order valence-corrected chi connectivity index (χ4v) is 2.75. The molecule has 166 valence electrons. The van der Waals surface area contributed by atoms with E-state index in [2.05, 4.69) is 16.0 Å². The molecule has 31 heavy (non-hydrogen) atoms. The van der Waals surface area contributed by atoms with Crippen LogP contribution < -0.4 is 21.5 Å². The highest BCUT2D eigenvalue weighted by Gasteiger charge is 2.18. The van der Waals surface area contributed by atoms with Crippen molar-refractivity contribution in [2.45, 2.75) is 13.1 Å². The molecule has 3 amide bonds. The van der Waals surface area contributed by atoms with E-state index in [1.807, 2.05) is 0 Å². The number of alkyl carbamates (subject to hydrolysis) is 1. The number of hydrogen-bond donors (Lipinski definition) is 4. The lowest BCUT2D eigenvalue weighted by molar-refractivity contribution is 0.0916. The summed E-state index contributed by atoms with van der Waals surface area (Å²) in [4.78, 5) is 48.6. The van der Waals surface area contributed by atoms with Gasteiger partial charge in [0.25, 0.3) is 17.4 Å². The largest absolute Gasteiger partial charge is 0.448 e. The Morgan fingerprint density at radius 1 is 1.06 bits per heavy atom. The van der Waals surface area contributed by atoms with Crippen LogP contribution in [0.4, 0.5) is 4.79 Å². The van der Waals surface area contributed by atoms with Crippen molar-refractivity contribution in [3.8, 4) is 0 Å². The molecule has 0 saturated heterocycles. The number of rotatable bonds is 9. The Balaban J connectivity index is 2.10. The third-order valence-corrected chi connectivity index (χ3v) is 4.42. The quantitative estimate of drug-likeness (QED) is 0.410. The van der Waals surface area contributed by atoms with Crippen molar-refractivity contribution in [2.75, 3.05) is 26.8 Å². The molecular weight excluding hydrogens is 428 g/mol. The SMILES string of the molecule is CNC(=O)OCCNC(=O)c1ccc(C(=O)NCc2ccc(Cl)cc2)c(=O)n1CCO. The second-order valence-corrected chi connectivity index (χ2v) is 6.70. The standard InChI is InChI=1S/C20H23ClN4O6/c1-22-20(30)31-11-8-23-18(28)16-7-6-15(19(29)25(16)9-10-26)17(27)24-12-13-2-4-14(21)5-3-13/h2-7,26H,8-12H2,1H3,(H,22,30)(H,23,28)(H,24,27). The summed E-state index contributed by atoms with van der Waals surface area (Å²) in [5, 5.41) is 17.3. The minimum atomic E-state index is -0.711. The van der Waals surface area contributed by atoms with Gasteiger partial charge < -0.3 is 30.4 Å². The zero-order valence-electron chi connectivity index (χ0n) is 16.8. The number of aliphatic hydroxyl groups excluding tert-OH is 1. The monoisotopic (exact) mass is 450 g/mol. The van der Waals surface area contributed by atoms with E-state index in [0.29, 0.717) is 5.02 Å². The van der Waals surface area contributed by atoms with Crippen LogP contribution in [0.3, 0.4) is 0 Å². The van der Waals surface area contributed by atoms with Crippen LogP contribution in [-0.4, -0.2) is 54.4 Å². The summed E-state index contributed by atoms with van der Waals surface area (Å²) in [5.74, 6) is -1.23. The van der Waals surface area contributed by atoms with Crippen LogP contribution in [0.15, 0.2) is 41.2 Å². The van der Waals surface area contributed by atoms with E-state index in [0.717, 1.165) is 10.1 Å². The van der Waals surface area contributed by atoms with Crippen molar-refractivity contribution in [3.63, 3.8) is 0 Å². The minimum Gasteiger partial charge on any atom is -0.448 e. The van der Waals surface area contributed by atoms with Crippen LogP contribution in [0.1, 0.15) is 26.4 Å². The molecule has 1 aromatic heterocycles. The summed E-state index contributed by atoms with van der Waals surface area (Å²) in [5.41, 5.74) is -0.115. The molecule has 0 aliphatic heterocycles. The molecule has 4 N–H and O–H groups in total. The van der Waals surface area contributed by atoms with E-state index in [9.17, 15) is 24.3 Å². The van der Waals surface area contributed by atoms with Gasteiger partial charge in [-0.3, -0.25) is 14.4 Å². The molecule has 0 saturated carbocycles. The van der Waals surface area contributed by atoms with Crippen molar-refractivity contribution >= 4 is 29.5 Å². The molecule has 11 heteroatoms. The Morgan fingerprint density at radius 3 is 2.42 bits per heavy atom. The minimum absolute atomic E-state index is 0.0168. The van der Waals surface area contributed by atoms with Crippen LogP contribution in [0.2, 0.25) is 5.02 Å². The third-order valence-electron chi connectivity index (χ3n) is 4.17. The third kappa shape index (κ3) is 6.83. The van der Waals surface area contributed by atoms with Crippen LogP contribution in [0, 0.1) is 0 Å². The second kappa shape index (κ2) is 11.7. The lowest BCUT2D eigenvalue weighted by Crippen LogP contribution is -2.38. The maximum atomic E-state index is 12.8. The van der Waals surface area contributed by atoms with Gasteiger partial charge in [-0.25, -0.2) is 4.79 Å². The first-order valence-electron chi connectivity index (χ1n) is 9.37. The van der Waals surface area contributed by atoms with E-state index in [1.165, 1.54) is 19.2 Å². The number of aliphatic hydroxyl groups is 1. The molecule has 0 aliphatic carbocycles. The lowest BCUT2D eigenvalue weighted by Gasteiger charge is -2.14. The summed E-state index contributed by atoms with van der Waals surface area (Å²) in [6, 6.07) is 9.43. The van der Waals surface area contributed by atoms with Crippen LogP contribution in [0.25, 0.3) is 0 Å². The number of ether oxygens (including phenoxy) is 1. The van der Waals surface area contributed by atoms with Crippen molar-refractivity contribution < 1.29 is 24.2 Å². The highest BCUT2D eigenvalue weighted by atomic mass is 35.5. The number of nitrogens with zero attached hydrogens (tertiary/aromatic N) is 1. The Kier molecular flexibility index (Phi) is 9.04. The summed E-state index contributed by atoms with van der Waals surface area (Å²) in [6.45, 7) is -0.447. The molecule has 0 spiro atoms. The van der Waals surface area contributed by atoms with Gasteiger partial charge in [-0.2, -0.15) is 0 Å². The molecule has 2 aromatic rings. The summed E-state index contributed by atoms with van der Waals surface area (Å²) < 4.78 is 5.79. The van der Waals surface area contributed by atoms with Crippen LogP contribution >= 0.6 is 11.6 Å². The van der Waals surface area contributed by atoms with E-state index >= 15 is 0 Å². The highest BCUT2D eigenvalue weighted by Crippen LogP contribution is 2.09. The number of hydrogen-bond acceptors (Lipinski definition) is 6. The molecule has 0 atom stereocenters. The highest BCUT2D eigenvalue weighted by molar-refractivity contribution is 6.30. The Bertz CT molecular complexity index is 990. The fraction of sp³-hybridized carbons (Fsp3) is 0.300. The van der Waals surface area contributed by atoms with E-state index in [-0.39, 0.29) is 37.5 Å². The van der Waals surface area contributed by atoms with Crippen molar-refractivity contribution in [1.82, 2.24) is 20.5 Å². The summed E-state index contributed by atoms with van der Waals surface area (Å²) in [7, 11) is 1.40. The van der Waals surface area contributed by atoms with E-state index in [4.69, 9.17) is 16.3 Å². The number of nitrogens with one attached hydrogen (secondary N) is 3. The predicted molar refractivity (Wildman–Crippen MR) is 113 cm³/mol. The number of halogens is 1. The molecular formula is C20H23ClN4O6. The van der Waals surface area contributed by atoms with Gasteiger partial charge in [0.15, 0.2) is 0 Å². The van der Waals surface area contributed by atoms with E-state index in [1.54, 1.807) is 24.3 Å². The Labute approximate surface area is 183 Å². The molecule has 0 bridgehead atoms. The van der Waals surface area contributed by atoms with Crippen LogP contribution in [-0.2, 0) is 17.8 Å². The zero-order valence-corrected chi connectivity index (χ0v) is 17.6. The van der Waals surface area contributed by atoms with Crippen molar-refractivity contribution in [1.29, 1.82) is 0 Å². The molecule has 0 aliphatic rings. The maximum Gasteiger partial charge on any atom is 0.406 e. The number of carbonyl (C=O) groups excluding carboxylic acids is 3. The molecule has 2 rings (SSSR count). The zero-order chi connectivity index (χ0) is 22.8. The number of amides is 3. The lowest BCUT2D eigenvalue weighted by atomic mass is 10.2. The summed E-state index contributed by atoms with van der Waals surface area (Å²) in [6.07, 6.45) is -0.639. The van der Waals surface area contributed by atoms with Gasteiger partial charge in [0.05, 0.1) is 13.2 Å². The molecule has 1 heterocycles. The molecule has 0 radical (unpaired) electrons. The van der Waals surface area contributed by atoms with E-state index < -0.39 is 30.1 Å². The number of aromatic nitrogens is 1. The first kappa shape index (κ1) is 23.9. The normalized spacial score (nSPS) is 10.3. The predicted octanol–water partition coefficient (Wildman–Crippen LogP) is 0.510. The maximum absolute atomic E-state index is 12.8. The average molecular weight is 451 g/mol. The first-order valence-corrected chi connectivity index (χ1v) is 9.75. The molecule has 0 unspecified atom stereocenters. The van der Waals surface area contributed by atoms with Crippen molar-refractivity contribution in [2.24, 2.45) is 0 Å². The van der Waals surface area contributed by atoms with Gasteiger partial charge in [-0.15, -0.1) is 0 Å². The average Bonchev–Trinajstić information content (AvgIpc) is 2.77. The van der Waals surface area contributed by atoms with Gasteiger partial charge >= 0.3 is 6.09 Å². The number of benzene rings is 1. The summed E-state index contributed by atoms with van der Waals surface area (Å²) >= 11 is 5.83. The Morgan fingerprint density at radius 2 is 1.77 bits per heavy atom. The smallest absolute Gasteiger partial charge is 0.406 e. The van der Waals surface area contributed by atoms with Gasteiger partial charge in [0, 0.05) is 25.2 Å². The van der Waals surface area contributed by atoms with Crippen LogP contribution in [0.5, 0.6) is 0 Å². The van der Waals surface area contributed by atoms with Gasteiger partial charge in [-0.05, 0) is 29.8 Å². The fourth-order valence-electron chi connectivity index (χ4n) is 2.62. The molecule has 0 fully saturated rings. The number of carbonyl (C=O) groups is 3. The second-order valence-electron chi connectivity index (χ2n) is 6.26. The van der Waals surface area contributed by atoms with Gasteiger partial charge in [0.1, 0.15) is 17.9 Å². The molecule has 10 nitrogen and oxygen atoms in total. The van der Waals surface area contributed by atoms with Gasteiger partial charge in [0.2, 0.25) is 0 Å². The topological polar surface area (TPSA) is 139 Å².